The first-order valence-corrected chi connectivity index (χ1v) is 28.9. The molecule has 0 aliphatic rings. The number of aryl methyl sites for hydroxylation is 3. The third-order valence-corrected chi connectivity index (χ3v) is 14.0. The van der Waals surface area contributed by atoms with Crippen LogP contribution < -0.4 is 50.1 Å². The van der Waals surface area contributed by atoms with Crippen LogP contribution in [0.4, 0.5) is 8.78 Å². The second-order valence-electron chi connectivity index (χ2n) is 21.3. The summed E-state index contributed by atoms with van der Waals surface area (Å²) in [6, 6.07) is 22.1. The lowest BCUT2D eigenvalue weighted by atomic mass is 10.1. The van der Waals surface area contributed by atoms with E-state index in [1.165, 1.54) is 37.1 Å². The van der Waals surface area contributed by atoms with Crippen LogP contribution in [0.15, 0.2) is 120 Å². The Hall–Kier alpha value is -11.0. The first-order valence-electron chi connectivity index (χ1n) is 28.9. The van der Waals surface area contributed by atoms with Crippen molar-refractivity contribution < 1.29 is 48.0 Å². The fourth-order valence-corrected chi connectivity index (χ4v) is 8.79. The van der Waals surface area contributed by atoms with Crippen LogP contribution in [-0.4, -0.2) is 168 Å². The van der Waals surface area contributed by atoms with Crippen LogP contribution in [0, 0.1) is 20.8 Å². The van der Waals surface area contributed by atoms with Crippen molar-refractivity contribution in [2.45, 2.75) is 91.3 Å². The van der Waals surface area contributed by atoms with Crippen LogP contribution in [0.2, 0.25) is 0 Å². The van der Waals surface area contributed by atoms with Crippen LogP contribution in [0.25, 0.3) is 0 Å². The summed E-state index contributed by atoms with van der Waals surface area (Å²) in [5, 5.41) is 71.3. The van der Waals surface area contributed by atoms with Crippen LogP contribution >= 0.6 is 0 Å². The Morgan fingerprint density at radius 3 is 1.21 bits per heavy atom. The van der Waals surface area contributed by atoms with E-state index in [0.717, 1.165) is 63.8 Å². The average Bonchev–Trinajstić information content (AvgIpc) is 1.75. The summed E-state index contributed by atoms with van der Waals surface area (Å²) in [5.41, 5.74) is 5.10. The van der Waals surface area contributed by atoms with Gasteiger partial charge < -0.3 is 41.2 Å². The van der Waals surface area contributed by atoms with Crippen molar-refractivity contribution in [3.63, 3.8) is 0 Å². The number of benzene rings is 3. The zero-order chi connectivity index (χ0) is 69.2. The number of halogens is 2. The van der Waals surface area contributed by atoms with E-state index in [1.54, 1.807) is 12.1 Å². The number of carbonyl (C=O) groups is 3. The largest absolute Gasteiger partial charge is 0.386 e. The van der Waals surface area contributed by atoms with Gasteiger partial charge in [-0.2, -0.15) is 14.4 Å². The summed E-state index contributed by atoms with van der Waals surface area (Å²) in [6.45, 7) is 5.13. The summed E-state index contributed by atoms with van der Waals surface area (Å²) >= 11 is 0. The van der Waals surface area contributed by atoms with E-state index in [4.69, 9.17) is 15.2 Å². The number of aromatic nitrogens is 18. The minimum absolute atomic E-state index is 0.0134. The topological polar surface area (TPSA) is 443 Å². The Kier molecular flexibility index (Phi) is 24.8. The summed E-state index contributed by atoms with van der Waals surface area (Å²) in [5.74, 6) is -2.17. The number of aliphatic hydroxyl groups excluding tert-OH is 3. The van der Waals surface area contributed by atoms with Crippen LogP contribution in [0.1, 0.15) is 100 Å². The van der Waals surface area contributed by atoms with Crippen LogP contribution in [-0.2, 0) is 69.4 Å². The van der Waals surface area contributed by atoms with Crippen molar-refractivity contribution in [2.75, 3.05) is 40.5 Å². The number of methoxy groups -OCH3 is 2. The normalized spacial score (nSPS) is 12.1. The van der Waals surface area contributed by atoms with Crippen LogP contribution in [0.3, 0.4) is 0 Å². The van der Waals surface area contributed by atoms with Crippen molar-refractivity contribution in [1.29, 1.82) is 0 Å². The number of carbonyl (C=O) groups excluding carboxylic acids is 3. The van der Waals surface area contributed by atoms with Gasteiger partial charge in [0.25, 0.3) is 40.8 Å². The zero-order valence-corrected chi connectivity index (χ0v) is 52.5. The molecule has 9 aromatic rings. The molecule has 9 rings (SSSR count). The fraction of sp³-hybridized carbons (Fsp3) is 0.379. The lowest BCUT2D eigenvalue weighted by Crippen LogP contribution is -2.44. The minimum Gasteiger partial charge on any atom is -0.386 e. The van der Waals surface area contributed by atoms with E-state index >= 15 is 0 Å². The van der Waals surface area contributed by atoms with E-state index in [1.807, 2.05) is 86.8 Å². The van der Waals surface area contributed by atoms with Gasteiger partial charge in [-0.1, -0.05) is 89.5 Å². The third-order valence-electron chi connectivity index (χ3n) is 14.0. The lowest BCUT2D eigenvalue weighted by Gasteiger charge is -2.11. The highest BCUT2D eigenvalue weighted by Crippen LogP contribution is 2.18. The number of alkyl halides is 2. The molecule has 95 heavy (non-hydrogen) atoms. The van der Waals surface area contributed by atoms with Crippen LogP contribution in [0.5, 0.6) is 0 Å². The summed E-state index contributed by atoms with van der Waals surface area (Å²) in [7, 11) is 5.36. The molecular formula is C58H69F2N21O14. The Labute approximate surface area is 535 Å². The first-order chi connectivity index (χ1) is 45.2. The molecule has 0 aliphatic heterocycles. The van der Waals surface area contributed by atoms with Gasteiger partial charge in [-0.25, -0.2) is 23.2 Å². The van der Waals surface area contributed by atoms with Gasteiger partial charge in [0.1, 0.15) is 35.0 Å². The predicted octanol–water partition coefficient (Wildman–Crippen LogP) is -2.55. The molecule has 0 fully saturated rings. The Morgan fingerprint density at radius 1 is 0.516 bits per heavy atom. The number of nitrogens with two attached hydrogens (primary N) is 1. The Bertz CT molecular complexity index is 4500. The van der Waals surface area contributed by atoms with E-state index in [-0.39, 0.29) is 94.2 Å². The predicted molar refractivity (Wildman–Crippen MR) is 329 cm³/mol. The lowest BCUT2D eigenvalue weighted by molar-refractivity contribution is 0.0887. The average molecular weight is 1320 g/mol. The number of primary amides is 1. The molecule has 6 heterocycles. The maximum atomic E-state index is 12.7. The van der Waals surface area contributed by atoms with Crippen molar-refractivity contribution >= 4 is 17.7 Å². The van der Waals surface area contributed by atoms with Gasteiger partial charge in [-0.05, 0) is 53.1 Å². The van der Waals surface area contributed by atoms with Gasteiger partial charge >= 0.3 is 17.1 Å². The second-order valence-corrected chi connectivity index (χ2v) is 21.3. The smallest absolute Gasteiger partial charge is 0.331 e. The molecule has 0 bridgehead atoms. The van der Waals surface area contributed by atoms with Crippen molar-refractivity contribution in [2.24, 2.45) is 19.8 Å². The Morgan fingerprint density at radius 2 is 0.863 bits per heavy atom. The van der Waals surface area contributed by atoms with Gasteiger partial charge in [0.2, 0.25) is 0 Å². The van der Waals surface area contributed by atoms with Gasteiger partial charge in [-0.3, -0.25) is 56.2 Å². The molecule has 3 atom stereocenters. The molecule has 3 amide bonds. The number of tetrazole rings is 3. The van der Waals surface area contributed by atoms with Gasteiger partial charge in [0.15, 0.2) is 17.5 Å². The Balaban J connectivity index is 0.000000201. The second kappa shape index (κ2) is 33.0. The molecule has 0 saturated carbocycles. The molecule has 3 aromatic carbocycles. The molecule has 35 nitrogen and oxygen atoms in total. The number of amides is 3. The number of hydrogen-bond acceptors (Lipinski definition) is 23. The zero-order valence-electron chi connectivity index (χ0n) is 52.5. The molecule has 0 radical (unpaired) electrons. The van der Waals surface area contributed by atoms with E-state index in [0.29, 0.717) is 21.3 Å². The third kappa shape index (κ3) is 19.3. The monoisotopic (exact) mass is 1320 g/mol. The summed E-state index contributed by atoms with van der Waals surface area (Å²) in [6.07, 6.45) is -2.13. The molecule has 0 spiro atoms. The minimum atomic E-state index is -2.79. The van der Waals surface area contributed by atoms with Crippen molar-refractivity contribution in [3.8, 4) is 0 Å². The number of ether oxygens (including phenoxy) is 2. The molecular weight excluding hydrogens is 1250 g/mol. The number of nitrogens with zero attached hydrogens (tertiary/aromatic N) is 18. The highest BCUT2D eigenvalue weighted by molar-refractivity contribution is 5.94. The summed E-state index contributed by atoms with van der Waals surface area (Å²) < 4.78 is 40.1. The van der Waals surface area contributed by atoms with E-state index in [9.17, 15) is 67.3 Å². The quantitative estimate of drug-likeness (QED) is 0.0304. The van der Waals surface area contributed by atoms with E-state index < -0.39 is 88.3 Å². The maximum Gasteiger partial charge on any atom is 0.331 e. The fourth-order valence-electron chi connectivity index (χ4n) is 8.79. The van der Waals surface area contributed by atoms with Gasteiger partial charge in [0.05, 0.1) is 65.6 Å². The number of nitrogens with one attached hydrogen (secondary N) is 2. The van der Waals surface area contributed by atoms with Gasteiger partial charge in [-0.15, -0.1) is 30.6 Å². The molecule has 0 aliphatic carbocycles. The molecule has 7 N–H and O–H groups in total. The first kappa shape index (κ1) is 71.4. The molecule has 504 valence electrons. The SMILES string of the molecule is COCCNC(=O)c1cn(Cc2nnn(C[C@H](O)c3ccc(C)cc3)n2)c(=O)n(C)c1=O.COCCn1c(=O)c(C(N)=O)cn(Cc2nnn(C[C@H](O)c3ccc(C)cc3)n2)c1=O.Cc1ccc([C@@H](O)Cn2nnc(Cn3cc(C(=O)NCC(F)F)c(=O)n(C)c3=O)n2)cc1. The molecule has 37 heteroatoms. The summed E-state index contributed by atoms with van der Waals surface area (Å²) in [4.78, 5) is 114. The molecule has 0 saturated heterocycles. The number of hydrogen-bond donors (Lipinski definition) is 6. The van der Waals surface area contributed by atoms with Crippen molar-refractivity contribution in [3.05, 3.63) is 221 Å². The molecule has 6 aromatic heterocycles. The standard InChI is InChI=1S/C20H25N7O5.C19H21F2N7O4.C19H23N7O5/c1-13-4-6-14(7-5-13)16(28)11-27-23-17(22-24-27)12-26-10-15(18(29)21-8-9-32-3)19(30)25(2)20(26)31;1-11-3-5-12(6-4-11)14(29)9-28-24-16(23-25-28)10-27-8-13(17(30)22-7-15(20)21)18(31)26(2)19(27)32;1-12-3-5-13(6-4-12)15(27)10-26-22-16(21-23-26)11-24-9-14(17(20)28)18(29)25(19(24)30)7-8-31-2/h4-7,10,16,28H,8-9,11-12H2,1-3H3,(H,21,29);3-6,8,14-15,29H,7,9-10H2,1-2H3,(H,22,30);3-6,9,15,27H,7-8,10-11H2,1-2H3,(H2,20,28)/t16-;14-;15-/m000/s1. The maximum absolute atomic E-state index is 12.7. The highest BCUT2D eigenvalue weighted by atomic mass is 19.3. The van der Waals surface area contributed by atoms with Crippen molar-refractivity contribution in [1.82, 2.24) is 98.7 Å². The highest BCUT2D eigenvalue weighted by Gasteiger charge is 2.22. The number of aliphatic hydroxyl groups is 3. The number of rotatable bonds is 26. The van der Waals surface area contributed by atoms with Gasteiger partial charge in [0, 0.05) is 53.5 Å². The van der Waals surface area contributed by atoms with E-state index in [2.05, 4.69) is 51.5 Å². The molecule has 0 unspecified atom stereocenters.